The van der Waals surface area contributed by atoms with Crippen LogP contribution in [0.4, 0.5) is 13.2 Å². The van der Waals surface area contributed by atoms with E-state index in [0.717, 1.165) is 0 Å². The molecule has 1 radical (unpaired) electrons. The van der Waals surface area contributed by atoms with Crippen LogP contribution in [-0.2, 0) is 0 Å². The van der Waals surface area contributed by atoms with Crippen LogP contribution >= 0.6 is 0 Å². The number of hydrogen-bond acceptors (Lipinski definition) is 0. The Morgan fingerprint density at radius 1 is 1.20 bits per heavy atom. The molecule has 0 aliphatic carbocycles. The third-order valence-corrected chi connectivity index (χ3v) is 1.08. The summed E-state index contributed by atoms with van der Waals surface area (Å²) in [4.78, 5) is 0. The number of hydrogen-bond donors (Lipinski definition) is 0. The van der Waals surface area contributed by atoms with Gasteiger partial charge < -0.3 is 0 Å². The Morgan fingerprint density at radius 3 is 2.20 bits per heavy atom. The first kappa shape index (κ1) is 9.53. The minimum absolute atomic E-state index is 0.178. The third-order valence-electron chi connectivity index (χ3n) is 1.08. The molecule has 0 aromatic carbocycles. The Balaban J connectivity index is 3.12. The topological polar surface area (TPSA) is 0 Å². The van der Waals surface area contributed by atoms with Crippen molar-refractivity contribution in [3.8, 4) is 0 Å². The Hall–Kier alpha value is -0.470. The van der Waals surface area contributed by atoms with E-state index < -0.39 is 12.6 Å². The monoisotopic (exact) mass is 151 g/mol. The lowest BCUT2D eigenvalue weighted by molar-refractivity contribution is -0.135. The van der Waals surface area contributed by atoms with Crippen molar-refractivity contribution in [2.45, 2.75) is 31.9 Å². The van der Waals surface area contributed by atoms with E-state index in [1.165, 1.54) is 6.08 Å². The van der Waals surface area contributed by atoms with Crippen molar-refractivity contribution in [3.63, 3.8) is 0 Å². The van der Waals surface area contributed by atoms with Gasteiger partial charge in [-0.15, -0.1) is 0 Å². The van der Waals surface area contributed by atoms with Gasteiger partial charge in [0.25, 0.3) is 0 Å². The molecule has 0 aliphatic rings. The van der Waals surface area contributed by atoms with Gasteiger partial charge in [0.2, 0.25) is 0 Å². The molecule has 0 aromatic heterocycles. The van der Waals surface area contributed by atoms with Crippen LogP contribution in [0.3, 0.4) is 0 Å². The predicted molar refractivity (Wildman–Crippen MR) is 33.4 cm³/mol. The minimum Gasteiger partial charge on any atom is -0.171 e. The zero-order valence-electron chi connectivity index (χ0n) is 5.62. The van der Waals surface area contributed by atoms with Crippen LogP contribution in [0.5, 0.6) is 0 Å². The minimum atomic E-state index is -4.01. The van der Waals surface area contributed by atoms with Crippen LogP contribution in [0.15, 0.2) is 6.08 Å². The summed E-state index contributed by atoms with van der Waals surface area (Å²) in [6.45, 7) is 4.97. The summed E-state index contributed by atoms with van der Waals surface area (Å²) in [5, 5.41) is 0. The van der Waals surface area contributed by atoms with E-state index in [-0.39, 0.29) is 6.42 Å². The molecule has 0 unspecified atom stereocenters. The van der Waals surface area contributed by atoms with E-state index in [4.69, 9.17) is 6.58 Å². The van der Waals surface area contributed by atoms with Gasteiger partial charge in [0.15, 0.2) is 0 Å². The van der Waals surface area contributed by atoms with Crippen molar-refractivity contribution in [2.75, 3.05) is 0 Å². The zero-order valence-corrected chi connectivity index (χ0v) is 5.62. The largest absolute Gasteiger partial charge is 0.389 e. The van der Waals surface area contributed by atoms with Gasteiger partial charge in [-0.2, -0.15) is 13.2 Å². The maximum absolute atomic E-state index is 11.4. The number of unbranched alkanes of at least 4 members (excludes halogenated alkanes) is 2. The van der Waals surface area contributed by atoms with Gasteiger partial charge in [0.1, 0.15) is 0 Å². The van der Waals surface area contributed by atoms with Crippen LogP contribution < -0.4 is 0 Å². The summed E-state index contributed by atoms with van der Waals surface area (Å²) in [6, 6.07) is 0. The molecular formula is C7H10F3. The van der Waals surface area contributed by atoms with Gasteiger partial charge in [-0.05, 0) is 19.3 Å². The van der Waals surface area contributed by atoms with E-state index >= 15 is 0 Å². The molecule has 0 bridgehead atoms. The van der Waals surface area contributed by atoms with Gasteiger partial charge in [0, 0.05) is 6.42 Å². The van der Waals surface area contributed by atoms with Crippen LogP contribution in [0.25, 0.3) is 0 Å². The summed E-state index contributed by atoms with van der Waals surface area (Å²) in [5.41, 5.74) is 0. The average Bonchev–Trinajstić information content (AvgIpc) is 1.78. The molecule has 0 saturated heterocycles. The van der Waals surface area contributed by atoms with Crippen LogP contribution in [0.2, 0.25) is 0 Å². The second-order valence-corrected chi connectivity index (χ2v) is 2.10. The summed E-state index contributed by atoms with van der Waals surface area (Å²) in [7, 11) is 0. The van der Waals surface area contributed by atoms with Gasteiger partial charge in [-0.25, -0.2) is 0 Å². The maximum atomic E-state index is 11.4. The molecule has 0 aromatic rings. The average molecular weight is 151 g/mol. The SMILES string of the molecule is [CH]=CCCCCC(F)(F)F. The smallest absolute Gasteiger partial charge is 0.171 e. The molecule has 0 N–H and O–H groups in total. The fraction of sp³-hybridized carbons (Fsp3) is 0.714. The Kier molecular flexibility index (Phi) is 4.16. The molecule has 59 valence electrons. The van der Waals surface area contributed by atoms with Crippen molar-refractivity contribution in [1.82, 2.24) is 0 Å². The van der Waals surface area contributed by atoms with Gasteiger partial charge in [-0.1, -0.05) is 12.7 Å². The first-order chi connectivity index (χ1) is 4.56. The van der Waals surface area contributed by atoms with Gasteiger partial charge in [-0.3, -0.25) is 0 Å². The Bertz CT molecular complexity index is 93.5. The fourth-order valence-corrected chi connectivity index (χ4v) is 0.588. The molecule has 0 aliphatic heterocycles. The number of alkyl halides is 3. The molecule has 10 heavy (non-hydrogen) atoms. The maximum Gasteiger partial charge on any atom is 0.389 e. The lowest BCUT2D eigenvalue weighted by Crippen LogP contribution is -2.05. The molecule has 0 nitrogen and oxygen atoms in total. The van der Waals surface area contributed by atoms with Crippen molar-refractivity contribution in [3.05, 3.63) is 12.7 Å². The highest BCUT2D eigenvalue weighted by molar-refractivity contribution is 4.62. The van der Waals surface area contributed by atoms with Crippen molar-refractivity contribution in [2.24, 2.45) is 0 Å². The number of halogens is 3. The highest BCUT2D eigenvalue weighted by Gasteiger charge is 2.25. The predicted octanol–water partition coefficient (Wildman–Crippen LogP) is 3.10. The van der Waals surface area contributed by atoms with Crippen molar-refractivity contribution in [1.29, 1.82) is 0 Å². The lowest BCUT2D eigenvalue weighted by Gasteiger charge is -2.03. The third kappa shape index (κ3) is 7.53. The molecule has 0 heterocycles. The van der Waals surface area contributed by atoms with E-state index in [2.05, 4.69) is 0 Å². The summed E-state index contributed by atoms with van der Waals surface area (Å²) >= 11 is 0. The normalized spacial score (nSPS) is 11.5. The molecule has 0 rings (SSSR count). The number of allylic oxidation sites excluding steroid dienone is 1. The highest BCUT2D eigenvalue weighted by atomic mass is 19.4. The molecule has 0 fully saturated rings. The van der Waals surface area contributed by atoms with Crippen molar-refractivity contribution < 1.29 is 13.2 Å². The van der Waals surface area contributed by atoms with Crippen LogP contribution in [-0.4, -0.2) is 6.18 Å². The summed E-state index contributed by atoms with van der Waals surface area (Å²) in [5.74, 6) is 0. The molecule has 0 spiro atoms. The zero-order chi connectivity index (χ0) is 8.04. The van der Waals surface area contributed by atoms with Crippen LogP contribution in [0, 0.1) is 6.58 Å². The van der Waals surface area contributed by atoms with E-state index in [1.54, 1.807) is 0 Å². The second-order valence-electron chi connectivity index (χ2n) is 2.10. The quantitative estimate of drug-likeness (QED) is 0.541. The molecular weight excluding hydrogens is 141 g/mol. The summed E-state index contributed by atoms with van der Waals surface area (Å²) < 4.78 is 34.3. The molecule has 0 amide bonds. The van der Waals surface area contributed by atoms with Gasteiger partial charge >= 0.3 is 6.18 Å². The van der Waals surface area contributed by atoms with Crippen LogP contribution in [0.1, 0.15) is 25.7 Å². The Labute approximate surface area is 58.7 Å². The molecule has 0 atom stereocenters. The van der Waals surface area contributed by atoms with E-state index in [1.807, 2.05) is 0 Å². The highest BCUT2D eigenvalue weighted by Crippen LogP contribution is 2.22. The van der Waals surface area contributed by atoms with E-state index in [9.17, 15) is 13.2 Å². The lowest BCUT2D eigenvalue weighted by atomic mass is 10.2. The molecule has 0 saturated carbocycles. The second kappa shape index (κ2) is 4.36. The van der Waals surface area contributed by atoms with Crippen molar-refractivity contribution >= 4 is 0 Å². The Morgan fingerprint density at radius 2 is 1.80 bits per heavy atom. The first-order valence-electron chi connectivity index (χ1n) is 3.16. The fourth-order valence-electron chi connectivity index (χ4n) is 0.588. The summed E-state index contributed by atoms with van der Waals surface area (Å²) in [6.07, 6.45) is -2.05. The first-order valence-corrected chi connectivity index (χ1v) is 3.16. The standard InChI is InChI=1S/C7H10F3/c1-2-3-4-5-6-7(8,9)10/h1-2H,3-6H2. The number of rotatable bonds is 4. The van der Waals surface area contributed by atoms with E-state index in [0.29, 0.717) is 12.8 Å². The van der Waals surface area contributed by atoms with Gasteiger partial charge in [0.05, 0.1) is 0 Å². The molecule has 3 heteroatoms.